The molecule has 106 valence electrons. The molecule has 0 aromatic rings. The first kappa shape index (κ1) is 11.6. The van der Waals surface area contributed by atoms with E-state index in [9.17, 15) is 0 Å². The Bertz CT molecular complexity index is 434. The summed E-state index contributed by atoms with van der Waals surface area (Å²) in [5.41, 5.74) is 0.307. The van der Waals surface area contributed by atoms with Crippen LogP contribution in [0, 0.1) is 23.7 Å². The van der Waals surface area contributed by atoms with Crippen molar-refractivity contribution in [3.8, 4) is 0 Å². The molecule has 2 saturated heterocycles. The van der Waals surface area contributed by atoms with E-state index in [4.69, 9.17) is 9.47 Å². The van der Waals surface area contributed by atoms with Crippen LogP contribution >= 0.6 is 0 Å². The lowest BCUT2D eigenvalue weighted by atomic mass is 9.58. The lowest BCUT2D eigenvalue weighted by Crippen LogP contribution is -2.55. The summed E-state index contributed by atoms with van der Waals surface area (Å²) >= 11 is 0. The topological polar surface area (TPSA) is 25.1 Å². The zero-order valence-electron chi connectivity index (χ0n) is 12.7. The smallest absolute Gasteiger partial charge is 0.132 e. The molecule has 2 spiro atoms. The van der Waals surface area contributed by atoms with E-state index in [0.717, 1.165) is 11.8 Å². The highest BCUT2D eigenvalue weighted by Crippen LogP contribution is 2.80. The van der Waals surface area contributed by atoms with Crippen molar-refractivity contribution in [1.82, 2.24) is 0 Å². The van der Waals surface area contributed by atoms with Crippen molar-refractivity contribution < 1.29 is 9.47 Å². The first-order valence-corrected chi connectivity index (χ1v) is 8.27. The Morgan fingerprint density at radius 3 is 1.53 bits per heavy atom. The molecule has 0 N–H and O–H groups in total. The quantitative estimate of drug-likeness (QED) is 0.624. The molecular formula is C17H26O2. The van der Waals surface area contributed by atoms with Crippen molar-refractivity contribution >= 4 is 0 Å². The van der Waals surface area contributed by atoms with Crippen LogP contribution in [0.1, 0.15) is 59.8 Å². The van der Waals surface area contributed by atoms with E-state index in [0.29, 0.717) is 11.8 Å². The van der Waals surface area contributed by atoms with Gasteiger partial charge >= 0.3 is 0 Å². The lowest BCUT2D eigenvalue weighted by molar-refractivity contribution is 0.0576. The summed E-state index contributed by atoms with van der Waals surface area (Å²) in [6.45, 7) is 9.61. The van der Waals surface area contributed by atoms with Gasteiger partial charge in [0.05, 0.1) is 11.2 Å². The van der Waals surface area contributed by atoms with Crippen molar-refractivity contribution in [3.63, 3.8) is 0 Å². The van der Waals surface area contributed by atoms with Crippen LogP contribution in [0.4, 0.5) is 0 Å². The zero-order valence-corrected chi connectivity index (χ0v) is 12.7. The van der Waals surface area contributed by atoms with E-state index >= 15 is 0 Å². The van der Waals surface area contributed by atoms with Gasteiger partial charge in [-0.3, -0.25) is 0 Å². The van der Waals surface area contributed by atoms with Crippen molar-refractivity contribution in [2.75, 3.05) is 0 Å². The number of hydrogen-bond donors (Lipinski definition) is 0. The normalized spacial score (nSPS) is 72.6. The Hall–Kier alpha value is -0.0800. The van der Waals surface area contributed by atoms with Gasteiger partial charge < -0.3 is 9.47 Å². The van der Waals surface area contributed by atoms with Gasteiger partial charge in [-0.15, -0.1) is 0 Å². The fraction of sp³-hybridized carbons (Fsp3) is 1.00. The Kier molecular flexibility index (Phi) is 1.70. The summed E-state index contributed by atoms with van der Waals surface area (Å²) < 4.78 is 13.1. The second-order valence-electron chi connectivity index (χ2n) is 8.79. The van der Waals surface area contributed by atoms with Crippen LogP contribution in [-0.2, 0) is 9.47 Å². The van der Waals surface area contributed by atoms with Crippen LogP contribution < -0.4 is 0 Å². The molecule has 6 aliphatic carbocycles. The molecule has 8 unspecified atom stereocenters. The van der Waals surface area contributed by atoms with E-state index in [1.54, 1.807) is 0 Å². The van der Waals surface area contributed by atoms with Gasteiger partial charge in [0.25, 0.3) is 0 Å². The number of epoxide rings is 2. The number of rotatable bonds is 0. The van der Waals surface area contributed by atoms with E-state index in [-0.39, 0.29) is 22.4 Å². The van der Waals surface area contributed by atoms with Gasteiger partial charge in [0, 0.05) is 0 Å². The van der Waals surface area contributed by atoms with E-state index in [2.05, 4.69) is 27.7 Å². The molecule has 0 amide bonds. The van der Waals surface area contributed by atoms with Gasteiger partial charge in [-0.05, 0) is 69.6 Å². The summed E-state index contributed by atoms with van der Waals surface area (Å²) in [4.78, 5) is 0. The third kappa shape index (κ3) is 0.956. The van der Waals surface area contributed by atoms with Crippen LogP contribution in [-0.4, -0.2) is 22.4 Å². The third-order valence-electron chi connectivity index (χ3n) is 7.60. The molecular weight excluding hydrogens is 236 g/mol. The lowest BCUT2D eigenvalue weighted by Gasteiger charge is -2.40. The molecule has 8 fully saturated rings. The summed E-state index contributed by atoms with van der Waals surface area (Å²) in [6, 6.07) is 0. The van der Waals surface area contributed by atoms with Crippen LogP contribution in [0.5, 0.6) is 0 Å². The fourth-order valence-electron chi connectivity index (χ4n) is 7.39. The first-order chi connectivity index (χ1) is 8.87. The SMILES string of the molecule is CC1CC2CC3CC(C)C4(OC4(C)C3)C13OC3(C)C2. The minimum absolute atomic E-state index is 0.0416. The maximum atomic E-state index is 6.56. The monoisotopic (exact) mass is 262 g/mol. The molecule has 2 heterocycles. The van der Waals surface area contributed by atoms with Gasteiger partial charge in [-0.1, -0.05) is 13.8 Å². The Balaban J connectivity index is 1.74. The Morgan fingerprint density at radius 2 is 1.16 bits per heavy atom. The molecule has 2 heteroatoms. The zero-order chi connectivity index (χ0) is 13.3. The second kappa shape index (κ2) is 2.78. The average Bonchev–Trinajstić information content (AvgIpc) is 3.10. The molecule has 2 nitrogen and oxygen atoms in total. The van der Waals surface area contributed by atoms with Gasteiger partial charge in [0.15, 0.2) is 0 Å². The number of ether oxygens (including phenoxy) is 2. The average molecular weight is 262 g/mol. The van der Waals surface area contributed by atoms with E-state index in [1.807, 2.05) is 0 Å². The van der Waals surface area contributed by atoms with Gasteiger partial charge in [0.1, 0.15) is 11.2 Å². The van der Waals surface area contributed by atoms with Crippen LogP contribution in [0.15, 0.2) is 0 Å². The van der Waals surface area contributed by atoms with Crippen LogP contribution in [0.2, 0.25) is 0 Å². The summed E-state index contributed by atoms with van der Waals surface area (Å²) in [5.74, 6) is 3.11. The maximum Gasteiger partial charge on any atom is 0.132 e. The van der Waals surface area contributed by atoms with Crippen molar-refractivity contribution in [2.45, 2.75) is 82.2 Å². The summed E-state index contributed by atoms with van der Waals surface area (Å²) in [6.07, 6.45) is 6.70. The third-order valence-corrected chi connectivity index (χ3v) is 7.60. The molecule has 8 rings (SSSR count). The molecule has 6 saturated carbocycles. The molecule has 8 aliphatic rings. The van der Waals surface area contributed by atoms with Gasteiger partial charge in [-0.2, -0.15) is 0 Å². The van der Waals surface area contributed by atoms with Gasteiger partial charge in [0.2, 0.25) is 0 Å². The molecule has 0 radical (unpaired) electrons. The van der Waals surface area contributed by atoms with E-state index in [1.165, 1.54) is 32.1 Å². The van der Waals surface area contributed by atoms with Crippen molar-refractivity contribution in [3.05, 3.63) is 0 Å². The Labute approximate surface area is 116 Å². The van der Waals surface area contributed by atoms with Crippen LogP contribution in [0.3, 0.4) is 0 Å². The fourth-order valence-corrected chi connectivity index (χ4v) is 7.39. The molecule has 2 aliphatic heterocycles. The van der Waals surface area contributed by atoms with Gasteiger partial charge in [-0.25, -0.2) is 0 Å². The number of hydrogen-bond acceptors (Lipinski definition) is 2. The van der Waals surface area contributed by atoms with Crippen molar-refractivity contribution in [1.29, 1.82) is 0 Å². The minimum atomic E-state index is 0.0416. The summed E-state index contributed by atoms with van der Waals surface area (Å²) in [5, 5.41) is 0. The predicted molar refractivity (Wildman–Crippen MR) is 72.8 cm³/mol. The molecule has 4 bridgehead atoms. The minimum Gasteiger partial charge on any atom is -0.359 e. The highest BCUT2D eigenvalue weighted by atomic mass is 16.7. The Morgan fingerprint density at radius 1 is 0.737 bits per heavy atom. The standard InChI is InChI=1S/C17H26O2/c1-10-5-12-7-13-6-11(2)17(15(4,9-13)19-17)16(10)14(3,8-12)18-16/h10-13H,5-9H2,1-4H3. The largest absolute Gasteiger partial charge is 0.359 e. The second-order valence-corrected chi connectivity index (χ2v) is 8.79. The highest BCUT2D eigenvalue weighted by molar-refractivity contribution is 5.40. The molecule has 0 aromatic carbocycles. The first-order valence-electron chi connectivity index (χ1n) is 8.27. The molecule has 19 heavy (non-hydrogen) atoms. The maximum absolute atomic E-state index is 6.56. The summed E-state index contributed by atoms with van der Waals surface area (Å²) in [7, 11) is 0. The van der Waals surface area contributed by atoms with Crippen molar-refractivity contribution in [2.24, 2.45) is 23.7 Å². The molecule has 8 atom stereocenters. The van der Waals surface area contributed by atoms with Crippen LogP contribution in [0.25, 0.3) is 0 Å². The molecule has 0 aromatic heterocycles. The predicted octanol–water partition coefficient (Wildman–Crippen LogP) is 3.54. The highest BCUT2D eigenvalue weighted by Gasteiger charge is 2.93. The van der Waals surface area contributed by atoms with E-state index < -0.39 is 0 Å².